The summed E-state index contributed by atoms with van der Waals surface area (Å²) in [6, 6.07) is 17.9. The minimum Gasteiger partial charge on any atom is -0.476 e. The molecular weight excluding hydrogens is 421 g/mol. The molecule has 0 atom stereocenters. The number of pyridine rings is 1. The number of aromatic nitrogens is 6. The zero-order valence-electron chi connectivity index (χ0n) is 17.8. The lowest BCUT2D eigenvalue weighted by atomic mass is 10.1. The molecule has 0 saturated carbocycles. The van der Waals surface area contributed by atoms with Gasteiger partial charge in [0.25, 0.3) is 0 Å². The average molecular weight is 441 g/mol. The molecule has 0 aliphatic carbocycles. The zero-order valence-corrected chi connectivity index (χ0v) is 17.8. The van der Waals surface area contributed by atoms with Crippen molar-refractivity contribution in [1.29, 1.82) is 0 Å². The van der Waals surface area contributed by atoms with E-state index in [2.05, 4.69) is 30.4 Å². The second-order valence-electron chi connectivity index (χ2n) is 7.22. The first-order valence-corrected chi connectivity index (χ1v) is 10.4. The van der Waals surface area contributed by atoms with Gasteiger partial charge in [0, 0.05) is 12.1 Å². The maximum atomic E-state index is 13.3. The van der Waals surface area contributed by atoms with E-state index in [1.54, 1.807) is 23.1 Å². The molecule has 9 heteroatoms. The smallest absolute Gasteiger partial charge is 0.245 e. The highest BCUT2D eigenvalue weighted by Crippen LogP contribution is 2.27. The van der Waals surface area contributed by atoms with Crippen LogP contribution in [0.2, 0.25) is 0 Å². The summed E-state index contributed by atoms with van der Waals surface area (Å²) in [6.45, 7) is 2.87. The van der Waals surface area contributed by atoms with Crippen LogP contribution in [0, 0.1) is 5.82 Å². The van der Waals surface area contributed by atoms with Crippen molar-refractivity contribution in [3.05, 3.63) is 84.7 Å². The molecule has 0 fully saturated rings. The topological polar surface area (TPSA) is 90.6 Å². The molecule has 0 bridgehead atoms. The highest BCUT2D eigenvalue weighted by molar-refractivity contribution is 5.83. The molecule has 0 amide bonds. The van der Waals surface area contributed by atoms with Crippen LogP contribution in [0.3, 0.4) is 0 Å². The van der Waals surface area contributed by atoms with Crippen molar-refractivity contribution >= 4 is 17.0 Å². The summed E-state index contributed by atoms with van der Waals surface area (Å²) in [5.41, 5.74) is 4.70. The first-order chi connectivity index (χ1) is 16.2. The van der Waals surface area contributed by atoms with Crippen molar-refractivity contribution in [3.63, 3.8) is 0 Å². The number of fused-ring (bicyclic) bond motifs is 1. The molecule has 8 nitrogen and oxygen atoms in total. The third-order valence-corrected chi connectivity index (χ3v) is 5.00. The van der Waals surface area contributed by atoms with Crippen LogP contribution in [0.5, 0.6) is 5.88 Å². The molecule has 33 heavy (non-hydrogen) atoms. The maximum absolute atomic E-state index is 13.3. The Kier molecular flexibility index (Phi) is 5.59. The third-order valence-electron chi connectivity index (χ3n) is 5.00. The molecule has 5 aromatic rings. The summed E-state index contributed by atoms with van der Waals surface area (Å²) < 4.78 is 20.7. The van der Waals surface area contributed by atoms with E-state index in [4.69, 9.17) is 4.74 Å². The first kappa shape index (κ1) is 20.5. The van der Waals surface area contributed by atoms with Gasteiger partial charge in [-0.05, 0) is 61.0 Å². The van der Waals surface area contributed by atoms with Gasteiger partial charge in [-0.1, -0.05) is 12.1 Å². The summed E-state index contributed by atoms with van der Waals surface area (Å²) in [5, 5.41) is 7.38. The molecule has 1 N–H and O–H groups in total. The Morgan fingerprint density at radius 3 is 2.48 bits per heavy atom. The highest BCUT2D eigenvalue weighted by Gasteiger charge is 2.12. The summed E-state index contributed by atoms with van der Waals surface area (Å²) >= 11 is 0. The van der Waals surface area contributed by atoms with E-state index < -0.39 is 0 Å². The predicted octanol–water partition coefficient (Wildman–Crippen LogP) is 4.42. The molecule has 2 aromatic carbocycles. The quantitative estimate of drug-likeness (QED) is 0.400. The van der Waals surface area contributed by atoms with Gasteiger partial charge in [0.05, 0.1) is 23.5 Å². The largest absolute Gasteiger partial charge is 0.476 e. The number of rotatable bonds is 7. The number of halogens is 1. The standard InChI is InChI=1S/C24H20FN7O/c1-2-33-23-22-21(12-11-20(29-22)17-5-7-18(25)8-6-17)30-24(31-23)27-13-16-3-9-19(10-4-16)32-15-26-14-28-32/h3-12,14-15H,2,13H2,1H3,(H,27,30,31). The lowest BCUT2D eigenvalue weighted by Crippen LogP contribution is -2.07. The molecule has 0 spiro atoms. The van der Waals surface area contributed by atoms with Crippen molar-refractivity contribution in [3.8, 4) is 22.8 Å². The van der Waals surface area contributed by atoms with E-state index in [1.165, 1.54) is 18.5 Å². The molecule has 3 heterocycles. The van der Waals surface area contributed by atoms with Crippen LogP contribution in [0.1, 0.15) is 12.5 Å². The Morgan fingerprint density at radius 2 is 1.76 bits per heavy atom. The first-order valence-electron chi connectivity index (χ1n) is 10.4. The van der Waals surface area contributed by atoms with Crippen molar-refractivity contribution < 1.29 is 9.13 Å². The van der Waals surface area contributed by atoms with Crippen molar-refractivity contribution in [2.45, 2.75) is 13.5 Å². The molecular formula is C24H20FN7O. The molecule has 0 aliphatic heterocycles. The minimum atomic E-state index is -0.290. The molecule has 164 valence electrons. The fourth-order valence-corrected chi connectivity index (χ4v) is 3.37. The van der Waals surface area contributed by atoms with Crippen LogP contribution in [0.25, 0.3) is 28.0 Å². The van der Waals surface area contributed by atoms with Gasteiger partial charge in [-0.15, -0.1) is 0 Å². The Hall–Kier alpha value is -4.40. The summed E-state index contributed by atoms with van der Waals surface area (Å²) in [4.78, 5) is 17.8. The second-order valence-corrected chi connectivity index (χ2v) is 7.22. The fourth-order valence-electron chi connectivity index (χ4n) is 3.37. The zero-order chi connectivity index (χ0) is 22.6. The number of benzene rings is 2. The summed E-state index contributed by atoms with van der Waals surface area (Å²) in [7, 11) is 0. The van der Waals surface area contributed by atoms with Crippen LogP contribution in [0.15, 0.2) is 73.3 Å². The van der Waals surface area contributed by atoms with Crippen LogP contribution < -0.4 is 10.1 Å². The van der Waals surface area contributed by atoms with Crippen LogP contribution >= 0.6 is 0 Å². The second kappa shape index (κ2) is 8.99. The Balaban J connectivity index is 1.39. The van der Waals surface area contributed by atoms with E-state index in [1.807, 2.05) is 43.3 Å². The van der Waals surface area contributed by atoms with E-state index in [0.717, 1.165) is 16.8 Å². The van der Waals surface area contributed by atoms with Crippen molar-refractivity contribution in [2.75, 3.05) is 11.9 Å². The number of ether oxygens (including phenoxy) is 1. The van der Waals surface area contributed by atoms with Gasteiger partial charge in [-0.3, -0.25) is 0 Å². The Labute approximate surface area is 189 Å². The fraction of sp³-hybridized carbons (Fsp3) is 0.125. The van der Waals surface area contributed by atoms with Crippen LogP contribution in [-0.2, 0) is 6.54 Å². The maximum Gasteiger partial charge on any atom is 0.245 e. The van der Waals surface area contributed by atoms with Crippen LogP contribution in [0.4, 0.5) is 10.3 Å². The average Bonchev–Trinajstić information content (AvgIpc) is 3.39. The molecule has 0 saturated heterocycles. The lowest BCUT2D eigenvalue weighted by molar-refractivity contribution is 0.330. The van der Waals surface area contributed by atoms with Gasteiger partial charge in [0.2, 0.25) is 11.8 Å². The van der Waals surface area contributed by atoms with Gasteiger partial charge >= 0.3 is 0 Å². The van der Waals surface area contributed by atoms with E-state index in [9.17, 15) is 4.39 Å². The van der Waals surface area contributed by atoms with E-state index in [-0.39, 0.29) is 5.82 Å². The normalized spacial score (nSPS) is 11.0. The molecule has 3 aromatic heterocycles. The predicted molar refractivity (Wildman–Crippen MR) is 123 cm³/mol. The van der Waals surface area contributed by atoms with Gasteiger partial charge in [-0.25, -0.2) is 24.0 Å². The highest BCUT2D eigenvalue weighted by atomic mass is 19.1. The molecule has 0 unspecified atom stereocenters. The van der Waals surface area contributed by atoms with Gasteiger partial charge in [-0.2, -0.15) is 10.1 Å². The van der Waals surface area contributed by atoms with Crippen molar-refractivity contribution in [1.82, 2.24) is 29.7 Å². The lowest BCUT2D eigenvalue weighted by Gasteiger charge is -2.11. The van der Waals surface area contributed by atoms with Gasteiger partial charge in [0.15, 0.2) is 5.52 Å². The minimum absolute atomic E-state index is 0.290. The number of nitrogens with zero attached hydrogens (tertiary/aromatic N) is 6. The van der Waals surface area contributed by atoms with E-state index in [0.29, 0.717) is 41.7 Å². The van der Waals surface area contributed by atoms with Gasteiger partial charge in [0.1, 0.15) is 18.5 Å². The summed E-state index contributed by atoms with van der Waals surface area (Å²) in [6.07, 6.45) is 3.15. The van der Waals surface area contributed by atoms with Crippen LogP contribution in [-0.4, -0.2) is 36.3 Å². The molecule has 0 radical (unpaired) electrons. The van der Waals surface area contributed by atoms with Gasteiger partial charge < -0.3 is 10.1 Å². The third kappa shape index (κ3) is 4.47. The Bertz CT molecular complexity index is 1370. The number of hydrogen-bond donors (Lipinski definition) is 1. The Morgan fingerprint density at radius 1 is 0.939 bits per heavy atom. The van der Waals surface area contributed by atoms with E-state index >= 15 is 0 Å². The molecule has 5 rings (SSSR count). The number of nitrogens with one attached hydrogen (secondary N) is 1. The summed E-state index contributed by atoms with van der Waals surface area (Å²) in [5.74, 6) is 0.555. The van der Waals surface area contributed by atoms with Crippen molar-refractivity contribution in [2.24, 2.45) is 0 Å². The number of hydrogen-bond acceptors (Lipinski definition) is 7. The SMILES string of the molecule is CCOc1nc(NCc2ccc(-n3cncn3)cc2)nc2ccc(-c3ccc(F)cc3)nc12. The number of anilines is 1. The molecule has 0 aliphatic rings. The monoisotopic (exact) mass is 441 g/mol.